The minimum Gasteiger partial charge on any atom is -0.496 e. The highest BCUT2D eigenvalue weighted by Gasteiger charge is 2.06. The summed E-state index contributed by atoms with van der Waals surface area (Å²) in [5.74, 6) is 1.71. The van der Waals surface area contributed by atoms with Gasteiger partial charge in [0, 0.05) is 18.0 Å². The fourth-order valence-electron chi connectivity index (χ4n) is 1.52. The van der Waals surface area contributed by atoms with E-state index in [1.165, 1.54) is 11.1 Å². The van der Waals surface area contributed by atoms with Gasteiger partial charge in [-0.2, -0.15) is 12.6 Å². The number of nitrogens with zero attached hydrogens (tertiary/aromatic N) is 1. The summed E-state index contributed by atoms with van der Waals surface area (Å²) in [5.41, 5.74) is 2.58. The lowest BCUT2D eigenvalue weighted by atomic mass is 10.1. The van der Waals surface area contributed by atoms with Crippen molar-refractivity contribution in [2.24, 2.45) is 0 Å². The lowest BCUT2D eigenvalue weighted by molar-refractivity contribution is 0.363. The van der Waals surface area contributed by atoms with Gasteiger partial charge in [0.05, 0.1) is 7.11 Å². The van der Waals surface area contributed by atoms with Gasteiger partial charge in [0.15, 0.2) is 0 Å². The van der Waals surface area contributed by atoms with Crippen molar-refractivity contribution in [3.8, 4) is 5.75 Å². The Morgan fingerprint density at radius 1 is 1.40 bits per heavy atom. The van der Waals surface area contributed by atoms with Gasteiger partial charge in [0.2, 0.25) is 0 Å². The number of hydrogen-bond acceptors (Lipinski definition) is 3. The van der Waals surface area contributed by atoms with Crippen LogP contribution < -0.4 is 4.74 Å². The van der Waals surface area contributed by atoms with Crippen molar-refractivity contribution in [2.75, 3.05) is 20.0 Å². The molecular formula is C12H19NOS. The molecule has 0 fully saturated rings. The number of ether oxygens (including phenoxy) is 1. The normalized spacial score (nSPS) is 10.7. The van der Waals surface area contributed by atoms with E-state index in [9.17, 15) is 0 Å². The van der Waals surface area contributed by atoms with E-state index >= 15 is 0 Å². The molecule has 0 aliphatic carbocycles. The van der Waals surface area contributed by atoms with E-state index in [0.29, 0.717) is 0 Å². The highest BCUT2D eigenvalue weighted by molar-refractivity contribution is 7.80. The van der Waals surface area contributed by atoms with E-state index in [0.717, 1.165) is 24.6 Å². The summed E-state index contributed by atoms with van der Waals surface area (Å²) in [6, 6.07) is 6.36. The minimum absolute atomic E-state index is 0.750. The lowest BCUT2D eigenvalue weighted by Crippen LogP contribution is -2.16. The van der Waals surface area contributed by atoms with Crippen LogP contribution in [0.2, 0.25) is 0 Å². The van der Waals surface area contributed by atoms with Crippen LogP contribution >= 0.6 is 12.6 Å². The van der Waals surface area contributed by atoms with Crippen LogP contribution in [0, 0.1) is 0 Å². The Bertz CT molecular complexity index is 314. The Morgan fingerprint density at radius 3 is 2.67 bits per heavy atom. The van der Waals surface area contributed by atoms with Crippen molar-refractivity contribution in [2.45, 2.75) is 19.9 Å². The summed E-state index contributed by atoms with van der Waals surface area (Å²) >= 11 is 4.24. The zero-order valence-electron chi connectivity index (χ0n) is 9.66. The van der Waals surface area contributed by atoms with Crippen LogP contribution in [0.3, 0.4) is 0 Å². The maximum absolute atomic E-state index is 5.34. The molecule has 0 aliphatic heterocycles. The molecule has 3 heteroatoms. The third kappa shape index (κ3) is 3.43. The topological polar surface area (TPSA) is 12.5 Å². The zero-order valence-corrected chi connectivity index (χ0v) is 10.6. The van der Waals surface area contributed by atoms with Crippen molar-refractivity contribution in [3.63, 3.8) is 0 Å². The van der Waals surface area contributed by atoms with Gasteiger partial charge in [-0.3, -0.25) is 4.90 Å². The first-order valence-electron chi connectivity index (χ1n) is 5.16. The first-order chi connectivity index (χ1) is 7.21. The first-order valence-corrected chi connectivity index (χ1v) is 5.79. The molecular weight excluding hydrogens is 206 g/mol. The van der Waals surface area contributed by atoms with Gasteiger partial charge in [0.25, 0.3) is 0 Å². The number of rotatable bonds is 5. The second-order valence-corrected chi connectivity index (χ2v) is 3.94. The molecule has 0 unspecified atom stereocenters. The summed E-state index contributed by atoms with van der Waals surface area (Å²) in [6.07, 6.45) is 1.06. The molecule has 1 aromatic carbocycles. The number of aryl methyl sites for hydroxylation is 1. The Balaban J connectivity index is 2.90. The third-order valence-electron chi connectivity index (χ3n) is 2.43. The molecule has 0 radical (unpaired) electrons. The van der Waals surface area contributed by atoms with Crippen molar-refractivity contribution < 1.29 is 4.74 Å². The molecule has 0 bridgehead atoms. The Morgan fingerprint density at radius 2 is 2.13 bits per heavy atom. The van der Waals surface area contributed by atoms with Crippen LogP contribution in [0.25, 0.3) is 0 Å². The average Bonchev–Trinajstić information content (AvgIpc) is 2.28. The largest absolute Gasteiger partial charge is 0.496 e. The van der Waals surface area contributed by atoms with Crippen LogP contribution in [-0.2, 0) is 13.0 Å². The van der Waals surface area contributed by atoms with Crippen LogP contribution in [0.5, 0.6) is 5.75 Å². The van der Waals surface area contributed by atoms with Gasteiger partial charge in [-0.1, -0.05) is 19.1 Å². The van der Waals surface area contributed by atoms with Gasteiger partial charge in [-0.05, 0) is 25.1 Å². The summed E-state index contributed by atoms with van der Waals surface area (Å²) in [6.45, 7) is 3.04. The van der Waals surface area contributed by atoms with Crippen molar-refractivity contribution in [3.05, 3.63) is 29.3 Å². The predicted octanol–water partition coefficient (Wildman–Crippen LogP) is 2.58. The molecule has 0 amide bonds. The molecule has 1 aromatic rings. The van der Waals surface area contributed by atoms with Crippen LogP contribution in [0.1, 0.15) is 18.1 Å². The molecule has 2 nitrogen and oxygen atoms in total. The highest BCUT2D eigenvalue weighted by atomic mass is 32.1. The highest BCUT2D eigenvalue weighted by Crippen LogP contribution is 2.21. The molecule has 0 saturated heterocycles. The summed E-state index contributed by atoms with van der Waals surface area (Å²) in [5, 5.41) is 0. The third-order valence-corrected chi connectivity index (χ3v) is 2.92. The molecule has 0 N–H and O–H groups in total. The van der Waals surface area contributed by atoms with Crippen LogP contribution in [0.4, 0.5) is 0 Å². The molecule has 84 valence electrons. The van der Waals surface area contributed by atoms with E-state index in [1.807, 2.05) is 13.1 Å². The van der Waals surface area contributed by atoms with Gasteiger partial charge in [0.1, 0.15) is 5.75 Å². The SMILES string of the molecule is CCc1ccc(OC)c(CN(C)CS)c1. The molecule has 0 heterocycles. The van der Waals surface area contributed by atoms with Crippen molar-refractivity contribution in [1.29, 1.82) is 0 Å². The average molecular weight is 225 g/mol. The first kappa shape index (κ1) is 12.4. The standard InChI is InChI=1S/C12H19NOS/c1-4-10-5-6-12(14-3)11(7-10)8-13(2)9-15/h5-7,15H,4,8-9H2,1-3H3. The minimum atomic E-state index is 0.750. The van der Waals surface area contributed by atoms with Gasteiger partial charge in [-0.25, -0.2) is 0 Å². The van der Waals surface area contributed by atoms with Crippen molar-refractivity contribution in [1.82, 2.24) is 4.90 Å². The molecule has 1 rings (SSSR count). The van der Waals surface area contributed by atoms with Crippen LogP contribution in [0.15, 0.2) is 18.2 Å². The molecule has 0 atom stereocenters. The Kier molecular flexibility index (Phi) is 4.99. The molecule has 0 aromatic heterocycles. The van der Waals surface area contributed by atoms with Crippen molar-refractivity contribution >= 4 is 12.6 Å². The molecule has 0 spiro atoms. The van der Waals surface area contributed by atoms with E-state index in [1.54, 1.807) is 7.11 Å². The van der Waals surface area contributed by atoms with E-state index in [4.69, 9.17) is 4.74 Å². The fourth-order valence-corrected chi connectivity index (χ4v) is 1.62. The number of hydrogen-bond donors (Lipinski definition) is 1. The lowest BCUT2D eigenvalue weighted by Gasteiger charge is -2.16. The van der Waals surface area contributed by atoms with Gasteiger partial charge >= 0.3 is 0 Å². The molecule has 15 heavy (non-hydrogen) atoms. The van der Waals surface area contributed by atoms with E-state index in [2.05, 4.69) is 36.6 Å². The second-order valence-electron chi connectivity index (χ2n) is 3.66. The summed E-state index contributed by atoms with van der Waals surface area (Å²) in [4.78, 5) is 2.14. The Labute approximate surface area is 97.6 Å². The second kappa shape index (κ2) is 6.03. The van der Waals surface area contributed by atoms with E-state index < -0.39 is 0 Å². The maximum Gasteiger partial charge on any atom is 0.123 e. The van der Waals surface area contributed by atoms with Gasteiger partial charge in [-0.15, -0.1) is 0 Å². The number of thiol groups is 1. The van der Waals surface area contributed by atoms with Gasteiger partial charge < -0.3 is 4.74 Å². The molecule has 0 aliphatic rings. The maximum atomic E-state index is 5.34. The quantitative estimate of drug-likeness (QED) is 0.611. The predicted molar refractivity (Wildman–Crippen MR) is 67.7 cm³/mol. The monoisotopic (exact) mass is 225 g/mol. The summed E-state index contributed by atoms with van der Waals surface area (Å²) in [7, 11) is 3.76. The fraction of sp³-hybridized carbons (Fsp3) is 0.500. The summed E-state index contributed by atoms with van der Waals surface area (Å²) < 4.78 is 5.34. The smallest absolute Gasteiger partial charge is 0.123 e. The van der Waals surface area contributed by atoms with Crippen LogP contribution in [-0.4, -0.2) is 24.9 Å². The zero-order chi connectivity index (χ0) is 11.3. The molecule has 0 saturated carbocycles. The number of benzene rings is 1. The Hall–Kier alpha value is -0.670. The number of methoxy groups -OCH3 is 1. The van der Waals surface area contributed by atoms with E-state index in [-0.39, 0.29) is 0 Å².